The number of rotatable bonds is 2. The lowest BCUT2D eigenvalue weighted by Crippen LogP contribution is -2.36. The van der Waals surface area contributed by atoms with Crippen LogP contribution in [-0.4, -0.2) is 48.4 Å². The summed E-state index contributed by atoms with van der Waals surface area (Å²) in [6, 6.07) is 0. The van der Waals surface area contributed by atoms with E-state index in [0.717, 1.165) is 58.4 Å². The van der Waals surface area contributed by atoms with Gasteiger partial charge in [0.15, 0.2) is 0 Å². The van der Waals surface area contributed by atoms with Gasteiger partial charge in [-0.3, -0.25) is 9.69 Å². The Hall–Kier alpha value is -1.01. The Bertz CT molecular complexity index is 325. The molecule has 0 spiro atoms. The van der Waals surface area contributed by atoms with Gasteiger partial charge in [-0.1, -0.05) is 12.8 Å². The van der Waals surface area contributed by atoms with Crippen molar-refractivity contribution >= 4 is 5.91 Å². The van der Waals surface area contributed by atoms with Crippen molar-refractivity contribution in [2.24, 2.45) is 5.92 Å². The Kier molecular flexibility index (Phi) is 4.44. The van der Waals surface area contributed by atoms with E-state index in [-0.39, 0.29) is 0 Å². The molecular weight excluding hydrogens is 212 g/mol. The lowest BCUT2D eigenvalue weighted by atomic mass is 10.3. The van der Waals surface area contributed by atoms with E-state index in [9.17, 15) is 4.79 Å². The molecule has 0 bridgehead atoms. The number of amides is 1. The van der Waals surface area contributed by atoms with Crippen LogP contribution in [0.25, 0.3) is 0 Å². The Morgan fingerprint density at radius 1 is 1.18 bits per heavy atom. The Morgan fingerprint density at radius 2 is 2.00 bits per heavy atom. The third-order valence-electron chi connectivity index (χ3n) is 3.43. The van der Waals surface area contributed by atoms with Crippen molar-refractivity contribution in [3.8, 4) is 11.8 Å². The van der Waals surface area contributed by atoms with E-state index in [2.05, 4.69) is 28.6 Å². The van der Waals surface area contributed by atoms with Crippen molar-refractivity contribution < 1.29 is 4.79 Å². The van der Waals surface area contributed by atoms with Gasteiger partial charge in [0.25, 0.3) is 0 Å². The maximum Gasteiger partial charge on any atom is 0.225 e. The van der Waals surface area contributed by atoms with Crippen LogP contribution in [0.15, 0.2) is 0 Å². The van der Waals surface area contributed by atoms with Gasteiger partial charge in [0, 0.05) is 38.5 Å². The van der Waals surface area contributed by atoms with Crippen molar-refractivity contribution in [1.29, 1.82) is 0 Å². The fourth-order valence-electron chi connectivity index (χ4n) is 2.23. The van der Waals surface area contributed by atoms with Crippen LogP contribution in [0.5, 0.6) is 0 Å². The summed E-state index contributed by atoms with van der Waals surface area (Å²) in [5.74, 6) is 7.05. The highest BCUT2D eigenvalue weighted by Crippen LogP contribution is 2.31. The fourth-order valence-corrected chi connectivity index (χ4v) is 2.23. The van der Waals surface area contributed by atoms with Crippen molar-refractivity contribution in [3.05, 3.63) is 0 Å². The molecule has 17 heavy (non-hydrogen) atoms. The monoisotopic (exact) mass is 234 g/mol. The second kappa shape index (κ2) is 6.07. The van der Waals surface area contributed by atoms with Gasteiger partial charge in [-0.2, -0.15) is 0 Å². The largest absolute Gasteiger partial charge is 0.341 e. The van der Waals surface area contributed by atoms with E-state index >= 15 is 0 Å². The van der Waals surface area contributed by atoms with Gasteiger partial charge >= 0.3 is 0 Å². The highest BCUT2D eigenvalue weighted by Gasteiger charge is 2.33. The third-order valence-corrected chi connectivity index (χ3v) is 3.43. The quantitative estimate of drug-likeness (QED) is 0.673. The summed E-state index contributed by atoms with van der Waals surface area (Å²) in [4.78, 5) is 16.4. The Labute approximate surface area is 104 Å². The molecule has 1 aliphatic heterocycles. The Balaban J connectivity index is 1.78. The Morgan fingerprint density at radius 3 is 2.71 bits per heavy atom. The number of hydrogen-bond donors (Lipinski definition) is 0. The molecule has 0 aromatic heterocycles. The van der Waals surface area contributed by atoms with Crippen molar-refractivity contribution in [3.63, 3.8) is 0 Å². The summed E-state index contributed by atoms with van der Waals surface area (Å²) in [6.07, 6.45) is 4.24. The molecule has 2 aliphatic rings. The molecule has 0 aromatic rings. The second-order valence-electron chi connectivity index (χ2n) is 4.94. The maximum absolute atomic E-state index is 12.0. The SMILES string of the molecule is CCC#CCN1CCCN(C(=O)C2CC2)CC1. The van der Waals surface area contributed by atoms with E-state index in [4.69, 9.17) is 0 Å². The number of carbonyl (C=O) groups is 1. The van der Waals surface area contributed by atoms with Gasteiger partial charge in [-0.05, 0) is 19.3 Å². The van der Waals surface area contributed by atoms with E-state index in [0.29, 0.717) is 11.8 Å². The van der Waals surface area contributed by atoms with E-state index in [1.165, 1.54) is 0 Å². The summed E-state index contributed by atoms with van der Waals surface area (Å²) in [7, 11) is 0. The van der Waals surface area contributed by atoms with Crippen LogP contribution in [0.3, 0.4) is 0 Å². The maximum atomic E-state index is 12.0. The molecule has 1 saturated heterocycles. The molecule has 3 heteroatoms. The molecule has 0 radical (unpaired) electrons. The van der Waals surface area contributed by atoms with Crippen LogP contribution in [0, 0.1) is 17.8 Å². The first-order valence-corrected chi connectivity index (χ1v) is 6.78. The van der Waals surface area contributed by atoms with Gasteiger partial charge in [0.05, 0.1) is 6.54 Å². The summed E-state index contributed by atoms with van der Waals surface area (Å²) in [5.41, 5.74) is 0. The van der Waals surface area contributed by atoms with Gasteiger partial charge < -0.3 is 4.90 Å². The highest BCUT2D eigenvalue weighted by atomic mass is 16.2. The molecule has 0 atom stereocenters. The zero-order valence-electron chi connectivity index (χ0n) is 10.7. The first-order valence-electron chi connectivity index (χ1n) is 6.78. The van der Waals surface area contributed by atoms with Crippen molar-refractivity contribution in [1.82, 2.24) is 9.80 Å². The summed E-state index contributed by atoms with van der Waals surface area (Å²) >= 11 is 0. The summed E-state index contributed by atoms with van der Waals surface area (Å²) in [5, 5.41) is 0. The average Bonchev–Trinajstić information content (AvgIpc) is 3.16. The van der Waals surface area contributed by atoms with Crippen LogP contribution in [0.2, 0.25) is 0 Å². The van der Waals surface area contributed by atoms with Crippen molar-refractivity contribution in [2.45, 2.75) is 32.6 Å². The van der Waals surface area contributed by atoms with Crippen LogP contribution in [0.4, 0.5) is 0 Å². The zero-order valence-corrected chi connectivity index (χ0v) is 10.7. The molecule has 2 fully saturated rings. The van der Waals surface area contributed by atoms with Gasteiger partial charge in [0.2, 0.25) is 5.91 Å². The minimum atomic E-state index is 0.362. The minimum absolute atomic E-state index is 0.362. The molecular formula is C14H22N2O. The standard InChI is InChI=1S/C14H22N2O/c1-2-3-4-8-15-9-5-10-16(12-11-15)14(17)13-6-7-13/h13H,2,5-12H2,1H3. The summed E-state index contributed by atoms with van der Waals surface area (Å²) in [6.45, 7) is 6.82. The molecule has 1 heterocycles. The predicted octanol–water partition coefficient (Wildman–Crippen LogP) is 1.34. The van der Waals surface area contributed by atoms with Crippen LogP contribution < -0.4 is 0 Å². The van der Waals surface area contributed by atoms with E-state index in [1.54, 1.807) is 0 Å². The lowest BCUT2D eigenvalue weighted by molar-refractivity contribution is -0.132. The predicted molar refractivity (Wildman–Crippen MR) is 68.4 cm³/mol. The fraction of sp³-hybridized carbons (Fsp3) is 0.786. The number of carbonyl (C=O) groups excluding carboxylic acids is 1. The molecule has 2 rings (SSSR count). The first kappa shape index (κ1) is 12.4. The zero-order chi connectivity index (χ0) is 12.1. The molecule has 1 amide bonds. The lowest BCUT2D eigenvalue weighted by Gasteiger charge is -2.20. The topological polar surface area (TPSA) is 23.6 Å². The van der Waals surface area contributed by atoms with E-state index in [1.807, 2.05) is 0 Å². The third kappa shape index (κ3) is 3.74. The number of hydrogen-bond acceptors (Lipinski definition) is 2. The summed E-state index contributed by atoms with van der Waals surface area (Å²) < 4.78 is 0. The van der Waals surface area contributed by atoms with Crippen molar-refractivity contribution in [2.75, 3.05) is 32.7 Å². The molecule has 0 N–H and O–H groups in total. The highest BCUT2D eigenvalue weighted by molar-refractivity contribution is 5.81. The molecule has 1 aliphatic carbocycles. The smallest absolute Gasteiger partial charge is 0.225 e. The van der Waals surface area contributed by atoms with Gasteiger partial charge in [0.1, 0.15) is 0 Å². The molecule has 0 unspecified atom stereocenters. The van der Waals surface area contributed by atoms with Crippen LogP contribution in [0.1, 0.15) is 32.6 Å². The van der Waals surface area contributed by atoms with Crippen LogP contribution >= 0.6 is 0 Å². The van der Waals surface area contributed by atoms with Crippen LogP contribution in [-0.2, 0) is 4.79 Å². The van der Waals surface area contributed by atoms with Gasteiger partial charge in [-0.25, -0.2) is 0 Å². The molecule has 94 valence electrons. The molecule has 3 nitrogen and oxygen atoms in total. The van der Waals surface area contributed by atoms with E-state index < -0.39 is 0 Å². The molecule has 1 saturated carbocycles. The average molecular weight is 234 g/mol. The second-order valence-corrected chi connectivity index (χ2v) is 4.94. The number of nitrogens with zero attached hydrogens (tertiary/aromatic N) is 2. The normalized spacial score (nSPS) is 21.6. The first-order chi connectivity index (χ1) is 8.31. The van der Waals surface area contributed by atoms with Gasteiger partial charge in [-0.15, -0.1) is 5.92 Å². The molecule has 0 aromatic carbocycles. The minimum Gasteiger partial charge on any atom is -0.341 e.